The van der Waals surface area contributed by atoms with Crippen LogP contribution in [0.25, 0.3) is 0 Å². The fourth-order valence-electron chi connectivity index (χ4n) is 2.63. The van der Waals surface area contributed by atoms with Gasteiger partial charge in [0, 0.05) is 12.1 Å². The Labute approximate surface area is 117 Å². The Balaban J connectivity index is 2.09. The highest BCUT2D eigenvalue weighted by atomic mass is 16.5. The van der Waals surface area contributed by atoms with E-state index in [2.05, 4.69) is 26.1 Å². The minimum atomic E-state index is -0.418. The van der Waals surface area contributed by atoms with Crippen molar-refractivity contribution in [3.63, 3.8) is 0 Å². The first-order valence-corrected chi connectivity index (χ1v) is 7.53. The van der Waals surface area contributed by atoms with Gasteiger partial charge in [-0.25, -0.2) is 0 Å². The van der Waals surface area contributed by atoms with Crippen LogP contribution in [0.3, 0.4) is 0 Å². The van der Waals surface area contributed by atoms with Gasteiger partial charge < -0.3 is 20.3 Å². The van der Waals surface area contributed by atoms with Crippen LogP contribution in [0.4, 0.5) is 0 Å². The molecule has 19 heavy (non-hydrogen) atoms. The molecule has 4 heteroatoms. The molecule has 0 aromatic rings. The first-order valence-electron chi connectivity index (χ1n) is 7.53. The standard InChI is InChI=1S/C15H30NO3/c1-4-12(2)10-15(3)14(16-15)13(18)11-19-9-7-5-6-8-17/h8,12-14,16-18H,4-7,9-11H2,1-3H3. The number of hydrogen-bond acceptors (Lipinski definition) is 4. The molecule has 0 aromatic carbocycles. The van der Waals surface area contributed by atoms with E-state index in [0.29, 0.717) is 25.6 Å². The highest BCUT2D eigenvalue weighted by molar-refractivity contribution is 5.14. The Kier molecular flexibility index (Phi) is 7.29. The fraction of sp³-hybridized carbons (Fsp3) is 0.933. The lowest BCUT2D eigenvalue weighted by Gasteiger charge is -2.16. The maximum atomic E-state index is 10.1. The minimum absolute atomic E-state index is 0.0874. The zero-order chi connectivity index (χ0) is 14.3. The summed E-state index contributed by atoms with van der Waals surface area (Å²) in [5.74, 6) is 0.686. The second kappa shape index (κ2) is 8.20. The molecular weight excluding hydrogens is 242 g/mol. The monoisotopic (exact) mass is 272 g/mol. The second-order valence-corrected chi connectivity index (χ2v) is 6.08. The molecule has 1 heterocycles. The summed E-state index contributed by atoms with van der Waals surface area (Å²) < 4.78 is 5.48. The van der Waals surface area contributed by atoms with Crippen molar-refractivity contribution in [2.75, 3.05) is 13.2 Å². The Morgan fingerprint density at radius 2 is 2.16 bits per heavy atom. The van der Waals surface area contributed by atoms with Gasteiger partial charge in [-0.1, -0.05) is 20.3 Å². The molecule has 1 aliphatic rings. The zero-order valence-electron chi connectivity index (χ0n) is 12.6. The number of aliphatic hydroxyl groups is 2. The quantitative estimate of drug-likeness (QED) is 0.398. The summed E-state index contributed by atoms with van der Waals surface area (Å²) in [4.78, 5) is 0. The molecule has 4 unspecified atom stereocenters. The van der Waals surface area contributed by atoms with Gasteiger partial charge in [0.1, 0.15) is 0 Å². The number of nitrogens with one attached hydrogen (secondary N) is 1. The molecule has 1 radical (unpaired) electrons. The van der Waals surface area contributed by atoms with Crippen molar-refractivity contribution >= 4 is 0 Å². The molecule has 3 N–H and O–H groups in total. The van der Waals surface area contributed by atoms with Crippen LogP contribution in [0.5, 0.6) is 0 Å². The summed E-state index contributed by atoms with van der Waals surface area (Å²) in [6, 6.07) is 0.173. The first-order chi connectivity index (χ1) is 9.03. The van der Waals surface area contributed by atoms with Crippen LogP contribution in [0.1, 0.15) is 52.9 Å². The van der Waals surface area contributed by atoms with E-state index in [-0.39, 0.29) is 11.6 Å². The molecule has 1 rings (SSSR count). The molecule has 0 saturated carbocycles. The Morgan fingerprint density at radius 3 is 2.79 bits per heavy atom. The normalized spacial score (nSPS) is 29.2. The van der Waals surface area contributed by atoms with Gasteiger partial charge in [0.2, 0.25) is 0 Å². The van der Waals surface area contributed by atoms with Crippen LogP contribution in [0.2, 0.25) is 0 Å². The smallest absolute Gasteiger partial charge is 0.0944 e. The predicted molar refractivity (Wildman–Crippen MR) is 76.3 cm³/mol. The van der Waals surface area contributed by atoms with Gasteiger partial charge in [-0.05, 0) is 38.5 Å². The molecule has 0 spiro atoms. The highest BCUT2D eigenvalue weighted by Gasteiger charge is 2.53. The van der Waals surface area contributed by atoms with E-state index in [0.717, 1.165) is 19.3 Å². The third-order valence-corrected chi connectivity index (χ3v) is 4.10. The van der Waals surface area contributed by atoms with Crippen LogP contribution < -0.4 is 5.32 Å². The Morgan fingerprint density at radius 1 is 1.42 bits per heavy atom. The molecule has 0 aromatic heterocycles. The maximum Gasteiger partial charge on any atom is 0.0944 e. The molecule has 1 aliphatic heterocycles. The molecule has 4 nitrogen and oxygen atoms in total. The van der Waals surface area contributed by atoms with E-state index in [1.807, 2.05) is 0 Å². The Hall–Kier alpha value is -0.160. The van der Waals surface area contributed by atoms with Crippen LogP contribution in [0, 0.1) is 12.5 Å². The molecule has 0 amide bonds. The molecular formula is C15H30NO3. The van der Waals surface area contributed by atoms with Gasteiger partial charge in [0.15, 0.2) is 0 Å². The van der Waals surface area contributed by atoms with Crippen molar-refractivity contribution in [1.82, 2.24) is 5.32 Å². The van der Waals surface area contributed by atoms with Crippen molar-refractivity contribution in [2.24, 2.45) is 5.92 Å². The fourth-order valence-corrected chi connectivity index (χ4v) is 2.63. The summed E-state index contributed by atoms with van der Waals surface area (Å²) in [6.45, 7) is 8.88. The lowest BCUT2D eigenvalue weighted by atomic mass is 9.91. The van der Waals surface area contributed by atoms with Gasteiger partial charge in [-0.3, -0.25) is 0 Å². The largest absolute Gasteiger partial charge is 0.390 e. The predicted octanol–water partition coefficient (Wildman–Crippen LogP) is 2.24. The van der Waals surface area contributed by atoms with E-state index >= 15 is 0 Å². The van der Waals surface area contributed by atoms with Gasteiger partial charge in [0.05, 0.1) is 25.4 Å². The maximum absolute atomic E-state index is 10.1. The van der Waals surface area contributed by atoms with Gasteiger partial charge in [0.25, 0.3) is 0 Å². The lowest BCUT2D eigenvalue weighted by Crippen LogP contribution is -2.28. The van der Waals surface area contributed by atoms with Gasteiger partial charge in [-0.15, -0.1) is 0 Å². The topological polar surface area (TPSA) is 71.6 Å². The van der Waals surface area contributed by atoms with E-state index in [1.165, 1.54) is 13.0 Å². The summed E-state index contributed by atoms with van der Waals surface area (Å²) in [5.41, 5.74) is 0.0874. The average molecular weight is 272 g/mol. The molecule has 4 atom stereocenters. The number of unbranched alkanes of at least 4 members (excludes halogenated alkanes) is 2. The van der Waals surface area contributed by atoms with Crippen molar-refractivity contribution < 1.29 is 14.9 Å². The molecule has 1 fully saturated rings. The van der Waals surface area contributed by atoms with Gasteiger partial charge in [-0.2, -0.15) is 0 Å². The summed E-state index contributed by atoms with van der Waals surface area (Å²) >= 11 is 0. The summed E-state index contributed by atoms with van der Waals surface area (Å²) in [5, 5.41) is 22.0. The number of aliphatic hydroxyl groups excluding tert-OH is 2. The first kappa shape index (κ1) is 16.9. The Bertz CT molecular complexity index is 250. The minimum Gasteiger partial charge on any atom is -0.390 e. The van der Waals surface area contributed by atoms with Gasteiger partial charge >= 0.3 is 0 Å². The summed E-state index contributed by atoms with van der Waals surface area (Å²) in [6.07, 6.45) is 4.43. The highest BCUT2D eigenvalue weighted by Crippen LogP contribution is 2.35. The van der Waals surface area contributed by atoms with Crippen LogP contribution in [-0.4, -0.2) is 41.1 Å². The average Bonchev–Trinajstić information content (AvgIpc) is 3.05. The zero-order valence-corrected chi connectivity index (χ0v) is 12.6. The molecule has 113 valence electrons. The van der Waals surface area contributed by atoms with E-state index in [9.17, 15) is 5.11 Å². The molecule has 0 aliphatic carbocycles. The molecule has 0 bridgehead atoms. The number of rotatable bonds is 11. The van der Waals surface area contributed by atoms with E-state index in [1.54, 1.807) is 0 Å². The molecule has 1 saturated heterocycles. The SMILES string of the molecule is CCC(C)CC1(C)NC1C(O)COCCCC[CH]O. The van der Waals surface area contributed by atoms with E-state index in [4.69, 9.17) is 9.84 Å². The number of ether oxygens (including phenoxy) is 1. The summed E-state index contributed by atoms with van der Waals surface area (Å²) in [7, 11) is 0. The van der Waals surface area contributed by atoms with Crippen molar-refractivity contribution in [3.8, 4) is 0 Å². The lowest BCUT2D eigenvalue weighted by molar-refractivity contribution is 0.0315. The van der Waals surface area contributed by atoms with Crippen molar-refractivity contribution in [1.29, 1.82) is 0 Å². The third-order valence-electron chi connectivity index (χ3n) is 4.10. The van der Waals surface area contributed by atoms with Crippen molar-refractivity contribution in [2.45, 2.75) is 70.6 Å². The van der Waals surface area contributed by atoms with E-state index < -0.39 is 6.10 Å². The van der Waals surface area contributed by atoms with Crippen molar-refractivity contribution in [3.05, 3.63) is 6.61 Å². The van der Waals surface area contributed by atoms with Crippen LogP contribution in [-0.2, 0) is 4.74 Å². The second-order valence-electron chi connectivity index (χ2n) is 6.08. The third kappa shape index (κ3) is 5.78. The van der Waals surface area contributed by atoms with Crippen LogP contribution in [0.15, 0.2) is 0 Å². The van der Waals surface area contributed by atoms with Crippen LogP contribution >= 0.6 is 0 Å². The number of hydrogen-bond donors (Lipinski definition) is 3.